The number of sulfonamides is 1. The van der Waals surface area contributed by atoms with Crippen molar-refractivity contribution in [3.05, 3.63) is 58.6 Å². The van der Waals surface area contributed by atoms with Crippen LogP contribution in [0.1, 0.15) is 17.3 Å². The number of hydrogen-bond donors (Lipinski definition) is 2. The molecule has 25 heavy (non-hydrogen) atoms. The lowest BCUT2D eigenvalue weighted by Gasteiger charge is -2.14. The summed E-state index contributed by atoms with van der Waals surface area (Å²) < 4.78 is 28.3. The Morgan fingerprint density at radius 3 is 2.48 bits per heavy atom. The average molecular weight is 427 g/mol. The maximum absolute atomic E-state index is 12.1. The van der Waals surface area contributed by atoms with Gasteiger partial charge in [-0.2, -0.15) is 0 Å². The number of carbonyl (C=O) groups is 2. The molecule has 1 amide bonds. The third kappa shape index (κ3) is 5.12. The lowest BCUT2D eigenvalue weighted by Crippen LogP contribution is -2.30. The molecule has 0 spiro atoms. The minimum absolute atomic E-state index is 0.136. The van der Waals surface area contributed by atoms with Gasteiger partial charge in [0.1, 0.15) is 0 Å². The van der Waals surface area contributed by atoms with Gasteiger partial charge in [-0.15, -0.1) is 0 Å². The molecule has 0 radical (unpaired) electrons. The third-order valence-electron chi connectivity index (χ3n) is 3.18. The highest BCUT2D eigenvalue weighted by Crippen LogP contribution is 2.18. The molecule has 132 valence electrons. The maximum atomic E-state index is 12.1. The summed E-state index contributed by atoms with van der Waals surface area (Å²) in [6.07, 6.45) is -1.09. The van der Waals surface area contributed by atoms with Gasteiger partial charge >= 0.3 is 5.97 Å². The Bertz CT molecular complexity index is 914. The molecule has 1 unspecified atom stereocenters. The Labute approximate surface area is 153 Å². The van der Waals surface area contributed by atoms with Crippen molar-refractivity contribution >= 4 is 43.5 Å². The first-order valence-corrected chi connectivity index (χ1v) is 9.41. The van der Waals surface area contributed by atoms with Crippen LogP contribution in [0.15, 0.2) is 57.9 Å². The first-order chi connectivity index (χ1) is 11.7. The number of benzene rings is 2. The molecule has 0 saturated heterocycles. The van der Waals surface area contributed by atoms with E-state index in [-0.39, 0.29) is 10.6 Å². The third-order valence-corrected chi connectivity index (χ3v) is 4.78. The minimum atomic E-state index is -3.88. The van der Waals surface area contributed by atoms with E-state index < -0.39 is 28.0 Å². The van der Waals surface area contributed by atoms with Gasteiger partial charge in [-0.25, -0.2) is 18.4 Å². The fraction of sp³-hybridized carbons (Fsp3) is 0.125. The number of anilines is 1. The smallest absolute Gasteiger partial charge is 0.340 e. The largest absolute Gasteiger partial charge is 0.449 e. The molecule has 2 aromatic carbocycles. The van der Waals surface area contributed by atoms with E-state index in [1.54, 1.807) is 24.3 Å². The number of primary sulfonamides is 1. The molecule has 2 rings (SSSR count). The van der Waals surface area contributed by atoms with Gasteiger partial charge in [-0.05, 0) is 53.2 Å². The monoisotopic (exact) mass is 426 g/mol. The van der Waals surface area contributed by atoms with E-state index in [0.29, 0.717) is 10.0 Å². The summed E-state index contributed by atoms with van der Waals surface area (Å²) in [5.74, 6) is -1.26. The normalized spacial score (nSPS) is 12.3. The van der Waals surface area contributed by atoms with Crippen LogP contribution in [-0.4, -0.2) is 26.4 Å². The van der Waals surface area contributed by atoms with Gasteiger partial charge in [0, 0.05) is 10.2 Å². The van der Waals surface area contributed by atoms with Crippen LogP contribution >= 0.6 is 15.9 Å². The van der Waals surface area contributed by atoms with Gasteiger partial charge in [0.2, 0.25) is 10.0 Å². The zero-order chi connectivity index (χ0) is 18.6. The Kier molecular flexibility index (Phi) is 5.93. The SMILES string of the molecule is CC(OC(=O)c1ccccc1Br)C(=O)Nc1cccc(S(N)(=O)=O)c1. The second kappa shape index (κ2) is 7.77. The lowest BCUT2D eigenvalue weighted by molar-refractivity contribution is -0.123. The standard InChI is InChI=1S/C16H15BrN2O5S/c1-10(24-16(21)13-7-2-3-8-14(13)17)15(20)19-11-5-4-6-12(9-11)25(18,22)23/h2-10H,1H3,(H,19,20)(H2,18,22,23). The molecule has 2 aromatic rings. The highest BCUT2D eigenvalue weighted by molar-refractivity contribution is 9.10. The number of nitrogens with two attached hydrogens (primary N) is 1. The fourth-order valence-electron chi connectivity index (χ4n) is 1.90. The van der Waals surface area contributed by atoms with E-state index in [9.17, 15) is 18.0 Å². The summed E-state index contributed by atoms with van der Waals surface area (Å²) >= 11 is 3.23. The van der Waals surface area contributed by atoms with Crippen molar-refractivity contribution in [2.24, 2.45) is 5.14 Å². The molecule has 0 aliphatic heterocycles. The van der Waals surface area contributed by atoms with Crippen LogP contribution in [0, 0.1) is 0 Å². The average Bonchev–Trinajstić information content (AvgIpc) is 2.54. The van der Waals surface area contributed by atoms with Crippen molar-refractivity contribution in [3.8, 4) is 0 Å². The molecule has 0 aromatic heterocycles. The van der Waals surface area contributed by atoms with Crippen LogP contribution < -0.4 is 10.5 Å². The second-order valence-corrected chi connectivity index (χ2v) is 7.51. The molecule has 3 N–H and O–H groups in total. The highest BCUT2D eigenvalue weighted by Gasteiger charge is 2.20. The highest BCUT2D eigenvalue weighted by atomic mass is 79.9. The van der Waals surface area contributed by atoms with E-state index >= 15 is 0 Å². The lowest BCUT2D eigenvalue weighted by atomic mass is 10.2. The molecule has 0 saturated carbocycles. The molecular formula is C16H15BrN2O5S. The second-order valence-electron chi connectivity index (χ2n) is 5.09. The Morgan fingerprint density at radius 1 is 1.16 bits per heavy atom. The summed E-state index contributed by atoms with van der Waals surface area (Å²) in [5.41, 5.74) is 0.513. The van der Waals surface area contributed by atoms with Crippen molar-refractivity contribution in [2.45, 2.75) is 17.9 Å². The number of ether oxygens (including phenoxy) is 1. The van der Waals surface area contributed by atoms with E-state index in [4.69, 9.17) is 9.88 Å². The van der Waals surface area contributed by atoms with Gasteiger partial charge in [0.15, 0.2) is 6.10 Å². The van der Waals surface area contributed by atoms with E-state index in [1.807, 2.05) is 0 Å². The first-order valence-electron chi connectivity index (χ1n) is 7.07. The minimum Gasteiger partial charge on any atom is -0.449 e. The molecule has 0 heterocycles. The maximum Gasteiger partial charge on any atom is 0.340 e. The van der Waals surface area contributed by atoms with Crippen molar-refractivity contribution in [2.75, 3.05) is 5.32 Å². The summed E-state index contributed by atoms with van der Waals surface area (Å²) in [5, 5.41) is 7.52. The van der Waals surface area contributed by atoms with Crippen LogP contribution in [0.2, 0.25) is 0 Å². The van der Waals surface area contributed by atoms with Crippen LogP contribution in [-0.2, 0) is 19.6 Å². The summed E-state index contributed by atoms with van der Waals surface area (Å²) in [7, 11) is -3.88. The Morgan fingerprint density at radius 2 is 1.84 bits per heavy atom. The van der Waals surface area contributed by atoms with Crippen LogP contribution in [0.3, 0.4) is 0 Å². The van der Waals surface area contributed by atoms with E-state index in [0.717, 1.165) is 0 Å². The molecular weight excluding hydrogens is 412 g/mol. The van der Waals surface area contributed by atoms with E-state index in [2.05, 4.69) is 21.2 Å². The molecule has 0 aliphatic rings. The van der Waals surface area contributed by atoms with Gasteiger partial charge in [-0.1, -0.05) is 18.2 Å². The van der Waals surface area contributed by atoms with Gasteiger partial charge < -0.3 is 10.1 Å². The number of halogens is 1. The zero-order valence-corrected chi connectivity index (χ0v) is 15.5. The molecule has 1 atom stereocenters. The topological polar surface area (TPSA) is 116 Å². The van der Waals surface area contributed by atoms with Gasteiger partial charge in [0.05, 0.1) is 10.5 Å². The summed E-state index contributed by atoms with van der Waals surface area (Å²) in [4.78, 5) is 24.1. The molecule has 0 aliphatic carbocycles. The van der Waals surface area contributed by atoms with Gasteiger partial charge in [0.25, 0.3) is 5.91 Å². The Hall–Kier alpha value is -2.23. The molecule has 7 nitrogen and oxygen atoms in total. The number of hydrogen-bond acceptors (Lipinski definition) is 5. The molecule has 9 heteroatoms. The number of rotatable bonds is 5. The van der Waals surface area contributed by atoms with E-state index in [1.165, 1.54) is 31.2 Å². The predicted octanol–water partition coefficient (Wildman–Crippen LogP) is 2.28. The zero-order valence-electron chi connectivity index (χ0n) is 13.1. The fourth-order valence-corrected chi connectivity index (χ4v) is 2.91. The van der Waals surface area contributed by atoms with Crippen molar-refractivity contribution in [1.29, 1.82) is 0 Å². The molecule has 0 fully saturated rings. The number of carbonyl (C=O) groups excluding carboxylic acids is 2. The predicted molar refractivity (Wildman–Crippen MR) is 95.5 cm³/mol. The van der Waals surface area contributed by atoms with Crippen LogP contribution in [0.5, 0.6) is 0 Å². The quantitative estimate of drug-likeness (QED) is 0.711. The van der Waals surface area contributed by atoms with Crippen LogP contribution in [0.25, 0.3) is 0 Å². The number of nitrogens with one attached hydrogen (secondary N) is 1. The number of esters is 1. The number of amides is 1. The Balaban J connectivity index is 2.06. The van der Waals surface area contributed by atoms with Crippen molar-refractivity contribution in [3.63, 3.8) is 0 Å². The van der Waals surface area contributed by atoms with Crippen molar-refractivity contribution in [1.82, 2.24) is 0 Å². The first kappa shape index (κ1) is 19.1. The van der Waals surface area contributed by atoms with Crippen molar-refractivity contribution < 1.29 is 22.7 Å². The van der Waals surface area contributed by atoms with Crippen LogP contribution in [0.4, 0.5) is 5.69 Å². The summed E-state index contributed by atoms with van der Waals surface area (Å²) in [6.45, 7) is 1.41. The van der Waals surface area contributed by atoms with Gasteiger partial charge in [-0.3, -0.25) is 4.79 Å². The summed E-state index contributed by atoms with van der Waals surface area (Å²) in [6, 6.07) is 12.1. The molecule has 0 bridgehead atoms.